The first-order valence-electron chi connectivity index (χ1n) is 5.25. The summed E-state index contributed by atoms with van der Waals surface area (Å²) in [7, 11) is -2.31. The van der Waals surface area contributed by atoms with Crippen molar-refractivity contribution < 1.29 is 8.42 Å². The van der Waals surface area contributed by atoms with Crippen LogP contribution < -0.4 is 10.5 Å². The number of aryl methyl sites for hydroxylation is 2. The van der Waals surface area contributed by atoms with Crippen LogP contribution in [0.4, 0.5) is 11.4 Å². The van der Waals surface area contributed by atoms with Crippen LogP contribution in [-0.4, -0.2) is 23.4 Å². The number of nitrogen functional groups attached to an aromatic ring is 1. The highest BCUT2D eigenvalue weighted by atomic mass is 79.9. The van der Waals surface area contributed by atoms with Gasteiger partial charge < -0.3 is 5.73 Å². The Bertz CT molecular complexity index is 706. The summed E-state index contributed by atoms with van der Waals surface area (Å²) in [5.41, 5.74) is 7.40. The van der Waals surface area contributed by atoms with Gasteiger partial charge in [0.05, 0.1) is 11.4 Å². The molecule has 9 heteroatoms. The molecule has 0 saturated carbocycles. The third-order valence-corrected chi connectivity index (χ3v) is 4.69. The molecule has 1 aromatic heterocycles. The van der Waals surface area contributed by atoms with Crippen LogP contribution in [0.1, 0.15) is 5.56 Å². The second-order valence-electron chi connectivity index (χ2n) is 4.01. The molecule has 0 spiro atoms. The molecule has 0 bridgehead atoms. The molecule has 0 aliphatic carbocycles. The Morgan fingerprint density at radius 1 is 1.42 bits per heavy atom. The van der Waals surface area contributed by atoms with Gasteiger partial charge in [0.1, 0.15) is 0 Å². The van der Waals surface area contributed by atoms with Crippen LogP contribution >= 0.6 is 15.9 Å². The predicted molar refractivity (Wildman–Crippen MR) is 75.1 cm³/mol. The van der Waals surface area contributed by atoms with E-state index in [-0.39, 0.29) is 9.63 Å². The summed E-state index contributed by atoms with van der Waals surface area (Å²) in [5, 5.41) is 7.21. The van der Waals surface area contributed by atoms with Crippen LogP contribution in [-0.2, 0) is 17.1 Å². The third kappa shape index (κ3) is 2.71. The Hall–Kier alpha value is -1.61. The average molecular weight is 346 g/mol. The lowest BCUT2D eigenvalue weighted by Gasteiger charge is -2.10. The molecule has 19 heavy (non-hydrogen) atoms. The van der Waals surface area contributed by atoms with Gasteiger partial charge in [0.15, 0.2) is 4.60 Å². The average Bonchev–Trinajstić information content (AvgIpc) is 2.63. The quantitative estimate of drug-likeness (QED) is 0.815. The van der Waals surface area contributed by atoms with E-state index in [1.54, 1.807) is 18.2 Å². The van der Waals surface area contributed by atoms with E-state index in [1.165, 1.54) is 7.05 Å². The van der Waals surface area contributed by atoms with Crippen LogP contribution in [0.25, 0.3) is 0 Å². The summed E-state index contributed by atoms with van der Waals surface area (Å²) in [6.45, 7) is 1.87. The normalized spacial score (nSPS) is 11.5. The number of nitrogens with zero attached hydrogens (tertiary/aromatic N) is 3. The Kier molecular flexibility index (Phi) is 3.50. The summed E-state index contributed by atoms with van der Waals surface area (Å²) in [6.07, 6.45) is 0. The first-order valence-corrected chi connectivity index (χ1v) is 7.53. The zero-order valence-corrected chi connectivity index (χ0v) is 12.7. The van der Waals surface area contributed by atoms with E-state index in [4.69, 9.17) is 5.73 Å². The number of nitrogens with one attached hydrogen (secondary N) is 1. The number of hydrogen-bond donors (Lipinski definition) is 2. The van der Waals surface area contributed by atoms with Crippen LogP contribution in [0.3, 0.4) is 0 Å². The molecular formula is C10H12BrN5O2S. The Morgan fingerprint density at radius 3 is 2.63 bits per heavy atom. The molecule has 0 atom stereocenters. The molecule has 0 unspecified atom stereocenters. The Labute approximate surface area is 119 Å². The predicted octanol–water partition coefficient (Wildman–Crippen LogP) is 1.27. The first kappa shape index (κ1) is 13.8. The number of sulfonamides is 1. The van der Waals surface area contributed by atoms with Crippen molar-refractivity contribution in [3.8, 4) is 0 Å². The standard InChI is InChI=1S/C10H12BrN5O2S/c1-6-3-4-8(7(12)5-6)14-19(17,18)10-9(11)13-15-16(10)2/h3-5,14H,12H2,1-2H3. The van der Waals surface area contributed by atoms with E-state index < -0.39 is 10.0 Å². The Morgan fingerprint density at radius 2 is 2.11 bits per heavy atom. The first-order chi connectivity index (χ1) is 8.81. The minimum Gasteiger partial charge on any atom is -0.397 e. The maximum atomic E-state index is 12.2. The van der Waals surface area contributed by atoms with Crippen molar-refractivity contribution >= 4 is 37.3 Å². The van der Waals surface area contributed by atoms with Gasteiger partial charge in [-0.2, -0.15) is 8.42 Å². The van der Waals surface area contributed by atoms with Crippen LogP contribution in [0, 0.1) is 6.92 Å². The fourth-order valence-corrected chi connectivity index (χ4v) is 3.76. The minimum atomic E-state index is -3.81. The van der Waals surface area contributed by atoms with Crippen LogP contribution in [0.2, 0.25) is 0 Å². The van der Waals surface area contributed by atoms with Gasteiger partial charge in [0.25, 0.3) is 10.0 Å². The smallest absolute Gasteiger partial charge is 0.281 e. The van der Waals surface area contributed by atoms with Crippen LogP contribution in [0.5, 0.6) is 0 Å². The number of benzene rings is 1. The number of anilines is 2. The minimum absolute atomic E-state index is 0.0625. The third-order valence-electron chi connectivity index (χ3n) is 2.44. The van der Waals surface area contributed by atoms with E-state index in [0.29, 0.717) is 11.4 Å². The van der Waals surface area contributed by atoms with Crippen molar-refractivity contribution in [2.24, 2.45) is 7.05 Å². The highest BCUT2D eigenvalue weighted by Crippen LogP contribution is 2.25. The number of hydrogen-bond acceptors (Lipinski definition) is 5. The number of aromatic nitrogens is 3. The highest BCUT2D eigenvalue weighted by molar-refractivity contribution is 9.10. The molecule has 102 valence electrons. The monoisotopic (exact) mass is 345 g/mol. The number of rotatable bonds is 3. The van der Waals surface area contributed by atoms with Gasteiger partial charge in [0.2, 0.25) is 5.03 Å². The maximum absolute atomic E-state index is 12.2. The zero-order chi connectivity index (χ0) is 14.2. The molecule has 0 amide bonds. The van der Waals surface area contributed by atoms with Gasteiger partial charge in [-0.15, -0.1) is 5.10 Å². The van der Waals surface area contributed by atoms with E-state index in [0.717, 1.165) is 10.2 Å². The lowest BCUT2D eigenvalue weighted by Crippen LogP contribution is -2.18. The summed E-state index contributed by atoms with van der Waals surface area (Å²) >= 11 is 3.05. The second-order valence-corrected chi connectivity index (χ2v) is 6.35. The van der Waals surface area contributed by atoms with Gasteiger partial charge >= 0.3 is 0 Å². The zero-order valence-electron chi connectivity index (χ0n) is 10.3. The fourth-order valence-electron chi connectivity index (χ4n) is 1.58. The highest BCUT2D eigenvalue weighted by Gasteiger charge is 2.24. The molecular weight excluding hydrogens is 334 g/mol. The summed E-state index contributed by atoms with van der Waals surface area (Å²) in [4.78, 5) is 0. The van der Waals surface area contributed by atoms with Crippen molar-refractivity contribution in [3.05, 3.63) is 28.4 Å². The summed E-state index contributed by atoms with van der Waals surface area (Å²) in [6, 6.07) is 5.07. The van der Waals surface area contributed by atoms with Gasteiger partial charge in [0, 0.05) is 7.05 Å². The summed E-state index contributed by atoms with van der Waals surface area (Å²) < 4.78 is 28.2. The lowest BCUT2D eigenvalue weighted by molar-refractivity contribution is 0.578. The van der Waals surface area contributed by atoms with Crippen molar-refractivity contribution in [3.63, 3.8) is 0 Å². The van der Waals surface area contributed by atoms with Crippen molar-refractivity contribution in [2.45, 2.75) is 11.9 Å². The molecule has 1 heterocycles. The molecule has 2 aromatic rings. The molecule has 0 radical (unpaired) electrons. The van der Waals surface area contributed by atoms with Gasteiger partial charge in [-0.25, -0.2) is 4.68 Å². The Balaban J connectivity index is 2.42. The largest absolute Gasteiger partial charge is 0.397 e. The summed E-state index contributed by atoms with van der Waals surface area (Å²) in [5.74, 6) is 0. The SMILES string of the molecule is Cc1ccc(NS(=O)(=O)c2c(Br)nnn2C)c(N)c1. The molecule has 7 nitrogen and oxygen atoms in total. The molecule has 3 N–H and O–H groups in total. The fraction of sp³-hybridized carbons (Fsp3) is 0.200. The lowest BCUT2D eigenvalue weighted by atomic mass is 10.2. The molecule has 1 aromatic carbocycles. The van der Waals surface area contributed by atoms with Crippen molar-refractivity contribution in [1.29, 1.82) is 0 Å². The van der Waals surface area contributed by atoms with Crippen molar-refractivity contribution in [2.75, 3.05) is 10.5 Å². The van der Waals surface area contributed by atoms with Crippen LogP contribution in [0.15, 0.2) is 27.8 Å². The number of halogens is 1. The van der Waals surface area contributed by atoms with Gasteiger partial charge in [-0.1, -0.05) is 11.3 Å². The second kappa shape index (κ2) is 4.82. The molecule has 0 saturated heterocycles. The molecule has 0 fully saturated rings. The van der Waals surface area contributed by atoms with Gasteiger partial charge in [-0.3, -0.25) is 4.72 Å². The van der Waals surface area contributed by atoms with Gasteiger partial charge in [-0.05, 0) is 40.5 Å². The molecule has 2 rings (SSSR count). The van der Waals surface area contributed by atoms with E-state index in [2.05, 4.69) is 31.0 Å². The molecule has 0 aliphatic heterocycles. The molecule has 0 aliphatic rings. The number of nitrogens with two attached hydrogens (primary N) is 1. The van der Waals surface area contributed by atoms with Crippen molar-refractivity contribution in [1.82, 2.24) is 15.0 Å². The van der Waals surface area contributed by atoms with E-state index in [1.807, 2.05) is 6.92 Å². The van der Waals surface area contributed by atoms with E-state index >= 15 is 0 Å². The maximum Gasteiger partial charge on any atom is 0.281 e. The van der Waals surface area contributed by atoms with E-state index in [9.17, 15) is 8.42 Å². The topological polar surface area (TPSA) is 103 Å².